The lowest BCUT2D eigenvalue weighted by molar-refractivity contribution is -0.127. The second-order valence-electron chi connectivity index (χ2n) is 5.07. The number of nitrogens with zero attached hydrogens (tertiary/aromatic N) is 2. The molecule has 1 aromatic heterocycles. The molecule has 6 heteroatoms. The Labute approximate surface area is 121 Å². The molecule has 0 saturated carbocycles. The number of carbonyl (C=O) groups excluding carboxylic acids is 2. The summed E-state index contributed by atoms with van der Waals surface area (Å²) in [6.07, 6.45) is 2.59. The van der Waals surface area contributed by atoms with Crippen molar-refractivity contribution in [1.82, 2.24) is 10.3 Å². The lowest BCUT2D eigenvalue weighted by Crippen LogP contribution is -2.44. The van der Waals surface area contributed by atoms with Crippen molar-refractivity contribution in [3.63, 3.8) is 0 Å². The van der Waals surface area contributed by atoms with Gasteiger partial charge in [0.1, 0.15) is 5.71 Å². The Morgan fingerprint density at radius 1 is 1.50 bits per heavy atom. The summed E-state index contributed by atoms with van der Waals surface area (Å²) >= 11 is 1.77. The maximum absolute atomic E-state index is 12.6. The van der Waals surface area contributed by atoms with Crippen molar-refractivity contribution in [2.75, 3.05) is 6.54 Å². The number of hydrogen-bond acceptors (Lipinski definition) is 4. The molecule has 1 unspecified atom stereocenters. The average molecular weight is 291 g/mol. The minimum atomic E-state index is -0.118. The first kappa shape index (κ1) is 13.3. The minimum Gasteiger partial charge on any atom is -0.330 e. The summed E-state index contributed by atoms with van der Waals surface area (Å²) in [6.45, 7) is 2.83. The lowest BCUT2D eigenvalue weighted by atomic mass is 9.96. The molecule has 3 rings (SSSR count). The first-order valence-electron chi connectivity index (χ1n) is 6.93. The number of hydrazone groups is 1. The van der Waals surface area contributed by atoms with Crippen LogP contribution in [0.2, 0.25) is 0 Å². The quantitative estimate of drug-likeness (QED) is 0.904. The fourth-order valence-electron chi connectivity index (χ4n) is 2.87. The van der Waals surface area contributed by atoms with Crippen LogP contribution in [0, 0.1) is 0 Å². The topological polar surface area (TPSA) is 61.8 Å². The van der Waals surface area contributed by atoms with Gasteiger partial charge in [0.2, 0.25) is 5.91 Å². The van der Waals surface area contributed by atoms with Crippen LogP contribution in [-0.2, 0) is 16.0 Å². The highest BCUT2D eigenvalue weighted by atomic mass is 32.1. The van der Waals surface area contributed by atoms with Crippen LogP contribution in [0.1, 0.15) is 42.7 Å². The van der Waals surface area contributed by atoms with Crippen molar-refractivity contribution in [3.05, 3.63) is 21.9 Å². The fraction of sp³-hybridized carbons (Fsp3) is 0.500. The van der Waals surface area contributed by atoms with Crippen molar-refractivity contribution in [1.29, 1.82) is 0 Å². The normalized spacial score (nSPS) is 22.1. The van der Waals surface area contributed by atoms with Gasteiger partial charge in [0, 0.05) is 24.3 Å². The SMILES string of the molecule is CCC1c2ccsc2CCN1C(=O)C1=NNC(=O)CC1. The van der Waals surface area contributed by atoms with Crippen molar-refractivity contribution in [3.8, 4) is 0 Å². The highest BCUT2D eigenvalue weighted by Crippen LogP contribution is 2.35. The van der Waals surface area contributed by atoms with Gasteiger partial charge in [-0.1, -0.05) is 6.92 Å². The van der Waals surface area contributed by atoms with Crippen LogP contribution in [0.4, 0.5) is 0 Å². The van der Waals surface area contributed by atoms with Gasteiger partial charge in [0.05, 0.1) is 6.04 Å². The number of carbonyl (C=O) groups is 2. The summed E-state index contributed by atoms with van der Waals surface area (Å²) in [4.78, 5) is 27.0. The second-order valence-corrected chi connectivity index (χ2v) is 6.07. The summed E-state index contributed by atoms with van der Waals surface area (Å²) in [5.41, 5.74) is 4.15. The van der Waals surface area contributed by atoms with E-state index >= 15 is 0 Å². The first-order chi connectivity index (χ1) is 9.70. The molecule has 0 spiro atoms. The molecule has 1 aromatic rings. The second kappa shape index (κ2) is 5.36. The summed E-state index contributed by atoms with van der Waals surface area (Å²) < 4.78 is 0. The molecule has 0 fully saturated rings. The predicted octanol–water partition coefficient (Wildman–Crippen LogP) is 1.85. The Morgan fingerprint density at radius 2 is 2.35 bits per heavy atom. The van der Waals surface area contributed by atoms with Crippen LogP contribution in [0.15, 0.2) is 16.5 Å². The van der Waals surface area contributed by atoms with Gasteiger partial charge in [-0.05, 0) is 29.9 Å². The van der Waals surface area contributed by atoms with Crippen molar-refractivity contribution >= 4 is 28.9 Å². The van der Waals surface area contributed by atoms with Gasteiger partial charge in [-0.2, -0.15) is 5.10 Å². The van der Waals surface area contributed by atoms with E-state index in [9.17, 15) is 9.59 Å². The van der Waals surface area contributed by atoms with E-state index in [4.69, 9.17) is 0 Å². The maximum Gasteiger partial charge on any atom is 0.270 e. The number of nitrogens with one attached hydrogen (secondary N) is 1. The fourth-order valence-corrected chi connectivity index (χ4v) is 3.80. The van der Waals surface area contributed by atoms with Crippen molar-refractivity contribution in [2.45, 2.75) is 38.6 Å². The minimum absolute atomic E-state index is 0.0336. The molecule has 2 aliphatic rings. The molecule has 0 aromatic carbocycles. The molecule has 1 atom stereocenters. The molecule has 0 radical (unpaired) electrons. The van der Waals surface area contributed by atoms with Gasteiger partial charge in [-0.15, -0.1) is 11.3 Å². The molecular formula is C14H17N3O2S. The number of fused-ring (bicyclic) bond motifs is 1. The molecule has 1 N–H and O–H groups in total. The van der Waals surface area contributed by atoms with E-state index in [1.54, 1.807) is 11.3 Å². The van der Waals surface area contributed by atoms with Gasteiger partial charge >= 0.3 is 0 Å². The average Bonchev–Trinajstić information content (AvgIpc) is 2.94. The monoisotopic (exact) mass is 291 g/mol. The molecule has 0 aliphatic carbocycles. The van der Waals surface area contributed by atoms with E-state index in [2.05, 4.69) is 28.9 Å². The Morgan fingerprint density at radius 3 is 3.05 bits per heavy atom. The van der Waals surface area contributed by atoms with E-state index in [1.807, 2.05) is 4.90 Å². The van der Waals surface area contributed by atoms with E-state index in [1.165, 1.54) is 10.4 Å². The highest BCUT2D eigenvalue weighted by molar-refractivity contribution is 7.10. The molecule has 0 saturated heterocycles. The summed E-state index contributed by atoms with van der Waals surface area (Å²) in [5.74, 6) is -0.152. The standard InChI is InChI=1S/C14H17N3O2S/c1-2-11-9-6-8-20-12(9)5-7-17(11)14(19)10-3-4-13(18)16-15-10/h6,8,11H,2-5,7H2,1H3,(H,16,18). The third kappa shape index (κ3) is 2.24. The summed E-state index contributed by atoms with van der Waals surface area (Å²) in [7, 11) is 0. The van der Waals surface area contributed by atoms with Gasteiger partial charge in [-0.25, -0.2) is 5.43 Å². The van der Waals surface area contributed by atoms with Crippen LogP contribution >= 0.6 is 11.3 Å². The molecule has 106 valence electrons. The van der Waals surface area contributed by atoms with Crippen LogP contribution in [0.25, 0.3) is 0 Å². The number of hydrogen-bond donors (Lipinski definition) is 1. The maximum atomic E-state index is 12.6. The number of rotatable bonds is 2. The third-order valence-electron chi connectivity index (χ3n) is 3.89. The van der Waals surface area contributed by atoms with Gasteiger partial charge in [-0.3, -0.25) is 9.59 Å². The van der Waals surface area contributed by atoms with Gasteiger partial charge in [0.15, 0.2) is 0 Å². The summed E-state index contributed by atoms with van der Waals surface area (Å²) in [5, 5.41) is 6.02. The zero-order chi connectivity index (χ0) is 14.1. The molecule has 20 heavy (non-hydrogen) atoms. The number of amides is 2. The summed E-state index contributed by atoms with van der Waals surface area (Å²) in [6, 6.07) is 2.26. The van der Waals surface area contributed by atoms with Crippen molar-refractivity contribution < 1.29 is 9.59 Å². The molecule has 2 amide bonds. The zero-order valence-electron chi connectivity index (χ0n) is 11.4. The molecule has 0 bridgehead atoms. The predicted molar refractivity (Wildman–Crippen MR) is 77.6 cm³/mol. The largest absolute Gasteiger partial charge is 0.330 e. The van der Waals surface area contributed by atoms with Gasteiger partial charge in [0.25, 0.3) is 5.91 Å². The van der Waals surface area contributed by atoms with Crippen LogP contribution in [0.3, 0.4) is 0 Å². The Kier molecular flexibility index (Phi) is 3.56. The lowest BCUT2D eigenvalue weighted by Gasteiger charge is -2.36. The molecule has 2 aliphatic heterocycles. The highest BCUT2D eigenvalue weighted by Gasteiger charge is 2.33. The first-order valence-corrected chi connectivity index (χ1v) is 7.81. The van der Waals surface area contributed by atoms with E-state index in [0.29, 0.717) is 18.6 Å². The van der Waals surface area contributed by atoms with Crippen molar-refractivity contribution in [2.24, 2.45) is 5.10 Å². The van der Waals surface area contributed by atoms with Crippen LogP contribution < -0.4 is 5.43 Å². The van der Waals surface area contributed by atoms with E-state index < -0.39 is 0 Å². The van der Waals surface area contributed by atoms with Crippen LogP contribution in [0.5, 0.6) is 0 Å². The zero-order valence-corrected chi connectivity index (χ0v) is 12.2. The smallest absolute Gasteiger partial charge is 0.270 e. The van der Waals surface area contributed by atoms with Crippen LogP contribution in [-0.4, -0.2) is 29.0 Å². The molecule has 5 nitrogen and oxygen atoms in total. The third-order valence-corrected chi connectivity index (χ3v) is 4.89. The molecule has 3 heterocycles. The Bertz CT molecular complexity index is 579. The number of thiophene rings is 1. The Balaban J connectivity index is 1.83. The van der Waals surface area contributed by atoms with E-state index in [0.717, 1.165) is 19.4 Å². The Hall–Kier alpha value is -1.69. The van der Waals surface area contributed by atoms with E-state index in [-0.39, 0.29) is 17.9 Å². The van der Waals surface area contributed by atoms with Gasteiger partial charge < -0.3 is 4.90 Å². The molecular weight excluding hydrogens is 274 g/mol.